The lowest BCUT2D eigenvalue weighted by Gasteiger charge is -2.20. The van der Waals surface area contributed by atoms with E-state index in [1.165, 1.54) is 0 Å². The molecule has 4 heteroatoms. The summed E-state index contributed by atoms with van der Waals surface area (Å²) >= 11 is 1.90. The standard InChI is InChI=1S/C12H18N2OS/c1-9-11(5-7-15-9)16-12(8-13)10-4-2-3-6-14-10/h2-4,6,9,11-12H,5,7-8,13H2,1H3. The molecule has 2 rings (SSSR count). The minimum Gasteiger partial charge on any atom is -0.377 e. The molecule has 1 fully saturated rings. The maximum Gasteiger partial charge on any atom is 0.0666 e. The average molecular weight is 238 g/mol. The van der Waals surface area contributed by atoms with Crippen LogP contribution in [0.1, 0.15) is 24.3 Å². The third kappa shape index (κ3) is 2.75. The average Bonchev–Trinajstić information content (AvgIpc) is 2.73. The zero-order valence-electron chi connectivity index (χ0n) is 9.50. The zero-order chi connectivity index (χ0) is 11.4. The van der Waals surface area contributed by atoms with Crippen LogP contribution < -0.4 is 5.73 Å². The van der Waals surface area contributed by atoms with Gasteiger partial charge in [0.25, 0.3) is 0 Å². The number of hydrogen-bond acceptors (Lipinski definition) is 4. The third-order valence-electron chi connectivity index (χ3n) is 2.88. The van der Waals surface area contributed by atoms with Gasteiger partial charge in [0, 0.05) is 24.6 Å². The lowest BCUT2D eigenvalue weighted by atomic mass is 10.2. The number of aromatic nitrogens is 1. The fraction of sp³-hybridized carbons (Fsp3) is 0.583. The molecule has 3 nitrogen and oxygen atoms in total. The number of nitrogens with zero attached hydrogens (tertiary/aromatic N) is 1. The second-order valence-electron chi connectivity index (χ2n) is 4.02. The molecule has 1 aromatic rings. The molecule has 0 amide bonds. The van der Waals surface area contributed by atoms with Gasteiger partial charge in [0.15, 0.2) is 0 Å². The van der Waals surface area contributed by atoms with Crippen LogP contribution in [0.25, 0.3) is 0 Å². The fourth-order valence-corrected chi connectivity index (χ4v) is 3.26. The van der Waals surface area contributed by atoms with Crippen LogP contribution in [0.4, 0.5) is 0 Å². The first-order valence-electron chi connectivity index (χ1n) is 5.69. The molecule has 2 heterocycles. The van der Waals surface area contributed by atoms with E-state index in [0.29, 0.717) is 17.9 Å². The van der Waals surface area contributed by atoms with Crippen LogP contribution in [-0.4, -0.2) is 29.5 Å². The molecule has 1 aliphatic rings. The Hall–Kier alpha value is -0.580. The van der Waals surface area contributed by atoms with E-state index in [1.807, 2.05) is 36.2 Å². The Morgan fingerprint density at radius 1 is 1.62 bits per heavy atom. The van der Waals surface area contributed by atoms with Crippen LogP contribution in [0, 0.1) is 0 Å². The number of thioether (sulfide) groups is 1. The van der Waals surface area contributed by atoms with Crippen LogP contribution in [0.3, 0.4) is 0 Å². The van der Waals surface area contributed by atoms with E-state index in [0.717, 1.165) is 18.7 Å². The van der Waals surface area contributed by atoms with Gasteiger partial charge in [0.1, 0.15) is 0 Å². The highest BCUT2D eigenvalue weighted by Crippen LogP contribution is 2.36. The molecule has 1 saturated heterocycles. The van der Waals surface area contributed by atoms with Crippen LogP contribution in [-0.2, 0) is 4.74 Å². The van der Waals surface area contributed by atoms with E-state index in [-0.39, 0.29) is 5.25 Å². The molecule has 0 bridgehead atoms. The number of ether oxygens (including phenoxy) is 1. The van der Waals surface area contributed by atoms with Crippen LogP contribution in [0.5, 0.6) is 0 Å². The molecule has 0 radical (unpaired) electrons. The molecule has 0 aromatic carbocycles. The first kappa shape index (κ1) is 11.9. The van der Waals surface area contributed by atoms with E-state index >= 15 is 0 Å². The number of rotatable bonds is 4. The van der Waals surface area contributed by atoms with Crippen molar-refractivity contribution in [2.75, 3.05) is 13.2 Å². The van der Waals surface area contributed by atoms with Crippen molar-refractivity contribution in [1.29, 1.82) is 0 Å². The summed E-state index contributed by atoms with van der Waals surface area (Å²) < 4.78 is 5.56. The Kier molecular flexibility index (Phi) is 4.21. The maximum absolute atomic E-state index is 5.83. The molecule has 1 aliphatic heterocycles. The molecule has 0 spiro atoms. The van der Waals surface area contributed by atoms with Crippen molar-refractivity contribution in [1.82, 2.24) is 4.98 Å². The van der Waals surface area contributed by atoms with E-state index in [4.69, 9.17) is 10.5 Å². The van der Waals surface area contributed by atoms with Crippen LogP contribution >= 0.6 is 11.8 Å². The monoisotopic (exact) mass is 238 g/mol. The fourth-order valence-electron chi connectivity index (χ4n) is 1.91. The summed E-state index contributed by atoms with van der Waals surface area (Å²) in [6, 6.07) is 5.99. The Morgan fingerprint density at radius 2 is 2.50 bits per heavy atom. The summed E-state index contributed by atoms with van der Waals surface area (Å²) in [5.41, 5.74) is 6.90. The highest BCUT2D eigenvalue weighted by molar-refractivity contribution is 8.00. The van der Waals surface area contributed by atoms with E-state index in [9.17, 15) is 0 Å². The van der Waals surface area contributed by atoms with Crippen molar-refractivity contribution in [2.45, 2.75) is 29.9 Å². The molecular weight excluding hydrogens is 220 g/mol. The lowest BCUT2D eigenvalue weighted by Crippen LogP contribution is -2.19. The van der Waals surface area contributed by atoms with Gasteiger partial charge in [0.05, 0.1) is 17.0 Å². The van der Waals surface area contributed by atoms with Crippen molar-refractivity contribution in [3.05, 3.63) is 30.1 Å². The zero-order valence-corrected chi connectivity index (χ0v) is 10.3. The Balaban J connectivity index is 2.00. The largest absolute Gasteiger partial charge is 0.377 e. The predicted molar refractivity (Wildman–Crippen MR) is 67.4 cm³/mol. The summed E-state index contributed by atoms with van der Waals surface area (Å²) in [5, 5.41) is 0.839. The molecule has 16 heavy (non-hydrogen) atoms. The highest BCUT2D eigenvalue weighted by atomic mass is 32.2. The van der Waals surface area contributed by atoms with Crippen LogP contribution in [0.2, 0.25) is 0 Å². The van der Waals surface area contributed by atoms with Crippen molar-refractivity contribution in [3.8, 4) is 0 Å². The smallest absolute Gasteiger partial charge is 0.0666 e. The van der Waals surface area contributed by atoms with Gasteiger partial charge in [-0.25, -0.2) is 0 Å². The highest BCUT2D eigenvalue weighted by Gasteiger charge is 2.28. The van der Waals surface area contributed by atoms with E-state index in [2.05, 4.69) is 11.9 Å². The topological polar surface area (TPSA) is 48.1 Å². The summed E-state index contributed by atoms with van der Waals surface area (Å²) in [5.74, 6) is 0. The van der Waals surface area contributed by atoms with Gasteiger partial charge in [-0.1, -0.05) is 6.07 Å². The second-order valence-corrected chi connectivity index (χ2v) is 5.46. The maximum atomic E-state index is 5.83. The third-order valence-corrected chi connectivity index (χ3v) is 4.61. The second kappa shape index (κ2) is 5.66. The molecule has 88 valence electrons. The van der Waals surface area contributed by atoms with Crippen molar-refractivity contribution >= 4 is 11.8 Å². The molecule has 3 atom stereocenters. The molecule has 0 aliphatic carbocycles. The quantitative estimate of drug-likeness (QED) is 0.871. The van der Waals surface area contributed by atoms with Gasteiger partial charge in [-0.2, -0.15) is 0 Å². The first-order chi connectivity index (χ1) is 7.81. The molecular formula is C12H18N2OS. The number of pyridine rings is 1. The molecule has 2 N–H and O–H groups in total. The summed E-state index contributed by atoms with van der Waals surface area (Å²) in [6.45, 7) is 3.64. The minimum absolute atomic E-state index is 0.287. The Bertz CT molecular complexity index is 320. The van der Waals surface area contributed by atoms with Gasteiger partial charge in [-0.3, -0.25) is 4.98 Å². The van der Waals surface area contributed by atoms with Gasteiger partial charge in [0.2, 0.25) is 0 Å². The summed E-state index contributed by atoms with van der Waals surface area (Å²) in [6.07, 6.45) is 3.28. The predicted octanol–water partition coefficient (Wildman–Crippen LogP) is 1.99. The lowest BCUT2D eigenvalue weighted by molar-refractivity contribution is 0.127. The van der Waals surface area contributed by atoms with Gasteiger partial charge < -0.3 is 10.5 Å². The number of hydrogen-bond donors (Lipinski definition) is 1. The molecule has 3 unspecified atom stereocenters. The summed E-state index contributed by atoms with van der Waals surface area (Å²) in [7, 11) is 0. The SMILES string of the molecule is CC1OCCC1SC(CN)c1ccccn1. The van der Waals surface area contributed by atoms with E-state index < -0.39 is 0 Å². The minimum atomic E-state index is 0.287. The Labute approximate surface area is 101 Å². The van der Waals surface area contributed by atoms with E-state index in [1.54, 1.807) is 0 Å². The van der Waals surface area contributed by atoms with Gasteiger partial charge in [-0.15, -0.1) is 11.8 Å². The van der Waals surface area contributed by atoms with Crippen molar-refractivity contribution < 1.29 is 4.74 Å². The van der Waals surface area contributed by atoms with Crippen molar-refractivity contribution in [3.63, 3.8) is 0 Å². The van der Waals surface area contributed by atoms with Crippen molar-refractivity contribution in [2.24, 2.45) is 5.73 Å². The van der Waals surface area contributed by atoms with Gasteiger partial charge in [-0.05, 0) is 25.5 Å². The van der Waals surface area contributed by atoms with Gasteiger partial charge >= 0.3 is 0 Å². The molecule has 1 aromatic heterocycles. The Morgan fingerprint density at radius 3 is 3.06 bits per heavy atom. The summed E-state index contributed by atoms with van der Waals surface area (Å²) in [4.78, 5) is 4.38. The van der Waals surface area contributed by atoms with Crippen LogP contribution in [0.15, 0.2) is 24.4 Å². The molecule has 0 saturated carbocycles. The first-order valence-corrected chi connectivity index (χ1v) is 6.63. The normalized spacial score (nSPS) is 26.9. The number of nitrogens with two attached hydrogens (primary N) is 1.